The van der Waals surface area contributed by atoms with Crippen LogP contribution in [-0.2, 0) is 9.53 Å². The molecule has 1 N–H and O–H groups in total. The zero-order chi connectivity index (χ0) is 13.1. The Balaban J connectivity index is 2.64. The van der Waals surface area contributed by atoms with Gasteiger partial charge in [-0.05, 0) is 32.9 Å². The molecule has 0 aromatic heterocycles. The fourth-order valence-electron chi connectivity index (χ4n) is 1.29. The Bertz CT molecular complexity index is 429. The molecule has 1 rings (SSSR count). The minimum absolute atomic E-state index is 0.0000359. The van der Waals surface area contributed by atoms with E-state index in [1.54, 1.807) is 32.9 Å². The van der Waals surface area contributed by atoms with E-state index in [1.807, 2.05) is 0 Å². The van der Waals surface area contributed by atoms with Gasteiger partial charge in [0.05, 0.1) is 0 Å². The maximum Gasteiger partial charge on any atom is 0.314 e. The molecule has 0 unspecified atom stereocenters. The second-order valence-electron chi connectivity index (χ2n) is 4.74. The molecule has 92 valence electrons. The van der Waals surface area contributed by atoms with Crippen molar-refractivity contribution in [3.05, 3.63) is 29.8 Å². The van der Waals surface area contributed by atoms with Crippen molar-refractivity contribution in [2.75, 3.05) is 0 Å². The van der Waals surface area contributed by atoms with Crippen LogP contribution in [0.15, 0.2) is 24.3 Å². The summed E-state index contributed by atoms with van der Waals surface area (Å²) in [5, 5.41) is 9.21. The van der Waals surface area contributed by atoms with Crippen LogP contribution in [0.2, 0.25) is 0 Å². The topological polar surface area (TPSA) is 63.6 Å². The van der Waals surface area contributed by atoms with Gasteiger partial charge in [0.15, 0.2) is 5.78 Å². The summed E-state index contributed by atoms with van der Waals surface area (Å²) in [6.45, 7) is 5.22. The molecule has 0 spiro atoms. The highest BCUT2D eigenvalue weighted by atomic mass is 16.6. The monoisotopic (exact) mass is 236 g/mol. The highest BCUT2D eigenvalue weighted by molar-refractivity contribution is 6.06. The molecule has 0 aliphatic heterocycles. The third-order valence-corrected chi connectivity index (χ3v) is 1.89. The molecule has 4 nitrogen and oxygen atoms in total. The molecule has 0 bridgehead atoms. The van der Waals surface area contributed by atoms with Crippen molar-refractivity contribution in [3.8, 4) is 5.75 Å². The summed E-state index contributed by atoms with van der Waals surface area (Å²) in [6, 6.07) is 5.89. The molecule has 4 heteroatoms. The average Bonchev–Trinajstić information content (AvgIpc) is 2.14. The molecule has 1 aromatic rings. The molecule has 0 aliphatic rings. The number of phenolic OH excluding ortho intramolecular Hbond substituents is 1. The van der Waals surface area contributed by atoms with Crippen molar-refractivity contribution >= 4 is 11.8 Å². The Kier molecular flexibility index (Phi) is 3.89. The third kappa shape index (κ3) is 4.68. The first kappa shape index (κ1) is 13.2. The van der Waals surface area contributed by atoms with Gasteiger partial charge in [0, 0.05) is 5.56 Å². The highest BCUT2D eigenvalue weighted by Crippen LogP contribution is 2.14. The predicted molar refractivity (Wildman–Crippen MR) is 62.9 cm³/mol. The number of hydrogen-bond acceptors (Lipinski definition) is 4. The van der Waals surface area contributed by atoms with E-state index in [-0.39, 0.29) is 18.0 Å². The van der Waals surface area contributed by atoms with Gasteiger partial charge in [-0.2, -0.15) is 0 Å². The van der Waals surface area contributed by atoms with Gasteiger partial charge in [-0.3, -0.25) is 9.59 Å². The number of ketones is 1. The standard InChI is InChI=1S/C13H16O4/c1-13(2,3)17-12(16)8-11(15)9-5-4-6-10(14)7-9/h4-7,14H,8H2,1-3H3. The van der Waals surface area contributed by atoms with E-state index in [4.69, 9.17) is 4.74 Å². The quantitative estimate of drug-likeness (QED) is 0.497. The van der Waals surface area contributed by atoms with Crippen LogP contribution in [0.1, 0.15) is 37.6 Å². The summed E-state index contributed by atoms with van der Waals surface area (Å²) in [6.07, 6.45) is -0.319. The van der Waals surface area contributed by atoms with Crippen LogP contribution in [0.3, 0.4) is 0 Å². The summed E-state index contributed by atoms with van der Waals surface area (Å²) in [5.74, 6) is -0.930. The van der Waals surface area contributed by atoms with Gasteiger partial charge in [0.1, 0.15) is 17.8 Å². The van der Waals surface area contributed by atoms with Crippen LogP contribution < -0.4 is 0 Å². The molecule has 1 aromatic carbocycles. The van der Waals surface area contributed by atoms with Gasteiger partial charge in [-0.1, -0.05) is 12.1 Å². The first-order valence-electron chi connectivity index (χ1n) is 5.32. The number of carbonyl (C=O) groups is 2. The maximum atomic E-state index is 11.7. The Morgan fingerprint density at radius 1 is 1.29 bits per heavy atom. The Labute approximate surface area is 100 Å². The number of benzene rings is 1. The summed E-state index contributed by atoms with van der Waals surface area (Å²) in [7, 11) is 0. The van der Waals surface area contributed by atoms with E-state index >= 15 is 0 Å². The number of rotatable bonds is 3. The molecular formula is C13H16O4. The maximum absolute atomic E-state index is 11.7. The van der Waals surface area contributed by atoms with Crippen molar-refractivity contribution < 1.29 is 19.4 Å². The van der Waals surface area contributed by atoms with Gasteiger partial charge in [0.2, 0.25) is 0 Å². The lowest BCUT2D eigenvalue weighted by molar-refractivity contribution is -0.153. The minimum Gasteiger partial charge on any atom is -0.508 e. The molecule has 17 heavy (non-hydrogen) atoms. The molecule has 0 radical (unpaired) electrons. The van der Waals surface area contributed by atoms with Crippen LogP contribution in [0.5, 0.6) is 5.75 Å². The zero-order valence-electron chi connectivity index (χ0n) is 10.2. The number of esters is 1. The molecule has 0 saturated heterocycles. The first-order chi connectivity index (χ1) is 7.78. The summed E-state index contributed by atoms with van der Waals surface area (Å²) in [5.41, 5.74) is -0.299. The fraction of sp³-hybridized carbons (Fsp3) is 0.385. The molecule has 0 saturated carbocycles. The zero-order valence-corrected chi connectivity index (χ0v) is 10.2. The lowest BCUT2D eigenvalue weighted by Crippen LogP contribution is -2.25. The fourth-order valence-corrected chi connectivity index (χ4v) is 1.29. The normalized spacial score (nSPS) is 11.0. The van der Waals surface area contributed by atoms with E-state index in [2.05, 4.69) is 0 Å². The van der Waals surface area contributed by atoms with Crippen LogP contribution >= 0.6 is 0 Å². The van der Waals surface area contributed by atoms with Crippen LogP contribution in [0.4, 0.5) is 0 Å². The second kappa shape index (κ2) is 4.99. The van der Waals surface area contributed by atoms with Gasteiger partial charge in [0.25, 0.3) is 0 Å². The van der Waals surface area contributed by atoms with Gasteiger partial charge < -0.3 is 9.84 Å². The lowest BCUT2D eigenvalue weighted by atomic mass is 10.1. The van der Waals surface area contributed by atoms with Crippen LogP contribution in [0, 0.1) is 0 Å². The number of carbonyl (C=O) groups excluding carboxylic acids is 2. The van der Waals surface area contributed by atoms with E-state index in [1.165, 1.54) is 12.1 Å². The SMILES string of the molecule is CC(C)(C)OC(=O)CC(=O)c1cccc(O)c1. The number of aromatic hydroxyl groups is 1. The minimum atomic E-state index is -0.601. The summed E-state index contributed by atoms with van der Waals surface area (Å²) >= 11 is 0. The average molecular weight is 236 g/mol. The Morgan fingerprint density at radius 3 is 2.47 bits per heavy atom. The summed E-state index contributed by atoms with van der Waals surface area (Å²) in [4.78, 5) is 23.1. The number of Topliss-reactive ketones (excluding diaryl/α,β-unsaturated/α-hetero) is 1. The smallest absolute Gasteiger partial charge is 0.314 e. The summed E-state index contributed by atoms with van der Waals surface area (Å²) < 4.78 is 5.04. The Morgan fingerprint density at radius 2 is 1.94 bits per heavy atom. The predicted octanol–water partition coefficient (Wildman–Crippen LogP) is 2.31. The molecule has 0 atom stereocenters. The van der Waals surface area contributed by atoms with Crippen molar-refractivity contribution in [1.29, 1.82) is 0 Å². The van der Waals surface area contributed by atoms with Crippen molar-refractivity contribution in [2.24, 2.45) is 0 Å². The van der Waals surface area contributed by atoms with Crippen molar-refractivity contribution in [2.45, 2.75) is 32.8 Å². The largest absolute Gasteiger partial charge is 0.508 e. The van der Waals surface area contributed by atoms with E-state index in [0.29, 0.717) is 5.56 Å². The van der Waals surface area contributed by atoms with Crippen molar-refractivity contribution in [3.63, 3.8) is 0 Å². The van der Waals surface area contributed by atoms with E-state index < -0.39 is 11.6 Å². The molecule has 0 heterocycles. The number of phenols is 1. The number of ether oxygens (including phenoxy) is 1. The lowest BCUT2D eigenvalue weighted by Gasteiger charge is -2.19. The number of hydrogen-bond donors (Lipinski definition) is 1. The van der Waals surface area contributed by atoms with Gasteiger partial charge in [-0.25, -0.2) is 0 Å². The van der Waals surface area contributed by atoms with E-state index in [9.17, 15) is 14.7 Å². The van der Waals surface area contributed by atoms with Crippen LogP contribution in [-0.4, -0.2) is 22.5 Å². The van der Waals surface area contributed by atoms with Crippen LogP contribution in [0.25, 0.3) is 0 Å². The van der Waals surface area contributed by atoms with Crippen molar-refractivity contribution in [1.82, 2.24) is 0 Å². The van der Waals surface area contributed by atoms with E-state index in [0.717, 1.165) is 0 Å². The molecular weight excluding hydrogens is 220 g/mol. The third-order valence-electron chi connectivity index (χ3n) is 1.89. The second-order valence-corrected chi connectivity index (χ2v) is 4.74. The molecule has 0 aliphatic carbocycles. The molecule has 0 amide bonds. The van der Waals surface area contributed by atoms with Gasteiger partial charge >= 0.3 is 5.97 Å². The molecule has 0 fully saturated rings. The van der Waals surface area contributed by atoms with Gasteiger partial charge in [-0.15, -0.1) is 0 Å². The first-order valence-corrected chi connectivity index (χ1v) is 5.32. The Hall–Kier alpha value is -1.84. The highest BCUT2D eigenvalue weighted by Gasteiger charge is 2.19.